The molecule has 1 aliphatic heterocycles. The fourth-order valence-electron chi connectivity index (χ4n) is 2.01. The highest BCUT2D eigenvalue weighted by molar-refractivity contribution is 6.28. The number of hydrogen-bond donors (Lipinski definition) is 0. The van der Waals surface area contributed by atoms with Gasteiger partial charge in [-0.2, -0.15) is 0 Å². The highest BCUT2D eigenvalue weighted by Crippen LogP contribution is 2.34. The Morgan fingerprint density at radius 2 is 1.80 bits per heavy atom. The summed E-state index contributed by atoms with van der Waals surface area (Å²) < 4.78 is 5.64. The van der Waals surface area contributed by atoms with Gasteiger partial charge in [0.2, 0.25) is 0 Å². The maximum absolute atomic E-state index is 11.8. The Morgan fingerprint density at radius 3 is 2.40 bits per heavy atom. The van der Waals surface area contributed by atoms with Gasteiger partial charge in [-0.3, -0.25) is 9.59 Å². The lowest BCUT2D eigenvalue weighted by atomic mass is 10.1. The molecule has 1 aromatic rings. The van der Waals surface area contributed by atoms with E-state index in [1.165, 1.54) is 12.2 Å². The molecule has 0 unspecified atom stereocenters. The number of hydrogen-bond acceptors (Lipinski definition) is 3. The van der Waals surface area contributed by atoms with E-state index < -0.39 is 0 Å². The maximum Gasteiger partial charge on any atom is 0.258 e. The summed E-state index contributed by atoms with van der Waals surface area (Å²) in [6, 6.07) is 5.35. The fourth-order valence-corrected chi connectivity index (χ4v) is 2.01. The van der Waals surface area contributed by atoms with Gasteiger partial charge in [-0.05, 0) is 12.5 Å². The minimum absolute atomic E-state index is 0.296. The third-order valence-corrected chi connectivity index (χ3v) is 2.84. The molecule has 0 saturated carbocycles. The van der Waals surface area contributed by atoms with Crippen molar-refractivity contribution in [3.63, 3.8) is 0 Å². The van der Waals surface area contributed by atoms with E-state index in [9.17, 15) is 9.59 Å². The normalized spacial score (nSPS) is 13.7. The largest absolute Gasteiger partial charge is 0.487 e. The molecule has 1 aromatic carbocycles. The third-order valence-electron chi connectivity index (χ3n) is 2.84. The van der Waals surface area contributed by atoms with Crippen LogP contribution in [0.4, 0.5) is 5.69 Å². The molecule has 4 heteroatoms. The summed E-state index contributed by atoms with van der Waals surface area (Å²) in [4.78, 5) is 24.7. The van der Waals surface area contributed by atoms with E-state index in [0.717, 1.165) is 10.5 Å². The van der Waals surface area contributed by atoms with Crippen LogP contribution in [0.5, 0.6) is 5.75 Å². The molecule has 0 spiro atoms. The van der Waals surface area contributed by atoms with Crippen molar-refractivity contribution in [2.45, 2.75) is 6.42 Å². The van der Waals surface area contributed by atoms with Crippen LogP contribution in [-0.2, 0) is 16.0 Å². The average molecular weight is 269 g/mol. The van der Waals surface area contributed by atoms with Gasteiger partial charge >= 0.3 is 0 Å². The molecular weight excluding hydrogens is 254 g/mol. The van der Waals surface area contributed by atoms with Crippen LogP contribution in [0.15, 0.2) is 55.7 Å². The summed E-state index contributed by atoms with van der Waals surface area (Å²) in [5.74, 6) is -0.221. The molecule has 0 bridgehead atoms. The summed E-state index contributed by atoms with van der Waals surface area (Å²) in [6.45, 7) is 7.60. The lowest BCUT2D eigenvalue weighted by Crippen LogP contribution is -2.30. The summed E-state index contributed by atoms with van der Waals surface area (Å²) >= 11 is 0. The van der Waals surface area contributed by atoms with Crippen LogP contribution in [0.3, 0.4) is 0 Å². The zero-order valence-corrected chi connectivity index (χ0v) is 11.0. The highest BCUT2D eigenvalue weighted by Gasteiger charge is 2.28. The summed E-state index contributed by atoms with van der Waals surface area (Å²) in [5, 5.41) is 0. The molecule has 0 aromatic heterocycles. The van der Waals surface area contributed by atoms with Crippen molar-refractivity contribution in [3.05, 3.63) is 61.2 Å². The molecule has 2 amide bonds. The Morgan fingerprint density at radius 1 is 1.10 bits per heavy atom. The molecule has 0 atom stereocenters. The molecule has 102 valence electrons. The summed E-state index contributed by atoms with van der Waals surface area (Å²) in [6.07, 6.45) is 6.44. The smallest absolute Gasteiger partial charge is 0.258 e. The Labute approximate surface area is 117 Å². The summed E-state index contributed by atoms with van der Waals surface area (Å²) in [5.41, 5.74) is 1.32. The molecule has 20 heavy (non-hydrogen) atoms. The monoisotopic (exact) mass is 269 g/mol. The van der Waals surface area contributed by atoms with Crippen LogP contribution in [0.2, 0.25) is 0 Å². The Hall–Kier alpha value is -2.62. The van der Waals surface area contributed by atoms with Crippen LogP contribution in [0.25, 0.3) is 0 Å². The minimum Gasteiger partial charge on any atom is -0.487 e. The first-order chi connectivity index (χ1) is 9.69. The zero-order valence-electron chi connectivity index (χ0n) is 11.0. The lowest BCUT2D eigenvalue weighted by Gasteiger charge is -2.20. The van der Waals surface area contributed by atoms with Crippen molar-refractivity contribution in [2.75, 3.05) is 11.5 Å². The van der Waals surface area contributed by atoms with Gasteiger partial charge in [-0.15, -0.1) is 6.58 Å². The molecule has 0 saturated heterocycles. The number of carbonyl (C=O) groups excluding carboxylic acids is 2. The Kier molecular flexibility index (Phi) is 4.15. The molecule has 2 rings (SSSR count). The van der Waals surface area contributed by atoms with Crippen molar-refractivity contribution in [1.82, 2.24) is 0 Å². The van der Waals surface area contributed by atoms with E-state index in [4.69, 9.17) is 4.74 Å². The number of amides is 2. The fraction of sp³-hybridized carbons (Fsp3) is 0.125. The maximum atomic E-state index is 11.8. The van der Waals surface area contributed by atoms with Gasteiger partial charge in [0.25, 0.3) is 11.8 Å². The number of allylic oxidation sites excluding steroid dienone is 1. The van der Waals surface area contributed by atoms with Crippen molar-refractivity contribution in [1.29, 1.82) is 0 Å². The van der Waals surface area contributed by atoms with Crippen molar-refractivity contribution >= 4 is 17.5 Å². The number of benzene rings is 1. The first-order valence-electron chi connectivity index (χ1n) is 6.21. The van der Waals surface area contributed by atoms with E-state index in [1.54, 1.807) is 24.3 Å². The average Bonchev–Trinajstić information content (AvgIpc) is 2.77. The number of ether oxygens (including phenoxy) is 1. The third kappa shape index (κ3) is 2.54. The number of nitrogens with zero attached hydrogens (tertiary/aromatic N) is 1. The molecule has 1 aliphatic rings. The Balaban J connectivity index is 2.48. The van der Waals surface area contributed by atoms with Gasteiger partial charge in [-0.1, -0.05) is 30.9 Å². The molecule has 1 heterocycles. The van der Waals surface area contributed by atoms with Crippen LogP contribution in [-0.4, -0.2) is 18.4 Å². The van der Waals surface area contributed by atoms with E-state index in [0.29, 0.717) is 24.5 Å². The predicted molar refractivity (Wildman–Crippen MR) is 77.7 cm³/mol. The highest BCUT2D eigenvalue weighted by atomic mass is 16.5. The van der Waals surface area contributed by atoms with Gasteiger partial charge in [0, 0.05) is 17.7 Å². The van der Waals surface area contributed by atoms with Crippen LogP contribution < -0.4 is 9.64 Å². The SMILES string of the molecule is C=CCOc1c(CC=C)cccc1N1C(=O)C=CC1=O. The van der Waals surface area contributed by atoms with Crippen LogP contribution in [0.1, 0.15) is 5.56 Å². The van der Waals surface area contributed by atoms with Crippen LogP contribution >= 0.6 is 0 Å². The van der Waals surface area contributed by atoms with E-state index in [1.807, 2.05) is 6.07 Å². The number of rotatable bonds is 6. The number of para-hydroxylation sites is 1. The quantitative estimate of drug-likeness (QED) is 0.588. The number of anilines is 1. The van der Waals surface area contributed by atoms with E-state index >= 15 is 0 Å². The molecule has 0 N–H and O–H groups in total. The number of carbonyl (C=O) groups is 2. The lowest BCUT2D eigenvalue weighted by molar-refractivity contribution is -0.120. The van der Waals surface area contributed by atoms with Crippen molar-refractivity contribution < 1.29 is 14.3 Å². The topological polar surface area (TPSA) is 46.6 Å². The molecule has 0 radical (unpaired) electrons. The second-order valence-corrected chi connectivity index (χ2v) is 4.20. The minimum atomic E-state index is -0.366. The molecule has 4 nitrogen and oxygen atoms in total. The van der Waals surface area contributed by atoms with E-state index in [2.05, 4.69) is 13.2 Å². The van der Waals surface area contributed by atoms with Crippen LogP contribution in [0, 0.1) is 0 Å². The van der Waals surface area contributed by atoms with Gasteiger partial charge in [-0.25, -0.2) is 4.90 Å². The van der Waals surface area contributed by atoms with Gasteiger partial charge in [0.1, 0.15) is 12.4 Å². The molecule has 0 fully saturated rings. The second-order valence-electron chi connectivity index (χ2n) is 4.20. The first kappa shape index (κ1) is 13.8. The standard InChI is InChI=1S/C16H15NO3/c1-3-6-12-7-5-8-13(16(12)20-11-4-2)17-14(18)9-10-15(17)19/h3-5,7-10H,1-2,6,11H2. The van der Waals surface area contributed by atoms with Crippen molar-refractivity contribution in [3.8, 4) is 5.75 Å². The van der Waals surface area contributed by atoms with Crippen molar-refractivity contribution in [2.24, 2.45) is 0 Å². The van der Waals surface area contributed by atoms with Gasteiger partial charge < -0.3 is 4.74 Å². The predicted octanol–water partition coefficient (Wildman–Crippen LogP) is 2.41. The van der Waals surface area contributed by atoms with Gasteiger partial charge in [0.15, 0.2) is 0 Å². The first-order valence-corrected chi connectivity index (χ1v) is 6.21. The number of imide groups is 1. The van der Waals surface area contributed by atoms with E-state index in [-0.39, 0.29) is 11.8 Å². The summed E-state index contributed by atoms with van der Waals surface area (Å²) in [7, 11) is 0. The van der Waals surface area contributed by atoms with Gasteiger partial charge in [0.05, 0.1) is 5.69 Å². The zero-order chi connectivity index (χ0) is 14.5. The molecule has 0 aliphatic carbocycles. The second kappa shape index (κ2) is 6.02. The Bertz CT molecular complexity index is 584. The molecular formula is C16H15NO3.